The molecule has 0 bridgehead atoms. The average molecular weight is 302 g/mol. The van der Waals surface area contributed by atoms with Gasteiger partial charge in [0.05, 0.1) is 12.3 Å². The summed E-state index contributed by atoms with van der Waals surface area (Å²) in [6, 6.07) is 7.97. The van der Waals surface area contributed by atoms with Gasteiger partial charge in [-0.3, -0.25) is 4.79 Å². The number of para-hydroxylation sites is 1. The molecule has 0 aliphatic carbocycles. The number of aliphatic hydroxyl groups excluding tert-OH is 1. The van der Waals surface area contributed by atoms with Gasteiger partial charge in [-0.15, -0.1) is 5.10 Å². The first-order valence-electron chi connectivity index (χ1n) is 7.35. The molecule has 0 unspecified atom stereocenters. The second-order valence-corrected chi connectivity index (χ2v) is 5.56. The Labute approximate surface area is 130 Å². The lowest BCUT2D eigenvalue weighted by molar-refractivity contribution is 0.0755. The number of hydrogen-bond donors (Lipinski definition) is 1. The maximum absolute atomic E-state index is 12.2. The van der Waals surface area contributed by atoms with Gasteiger partial charge in [0.25, 0.3) is 5.91 Å². The molecule has 1 N–H and O–H groups in total. The number of aliphatic hydroxyl groups is 1. The molecule has 6 heteroatoms. The predicted molar refractivity (Wildman–Crippen MR) is 84.2 cm³/mol. The van der Waals surface area contributed by atoms with Crippen molar-refractivity contribution in [1.82, 2.24) is 19.7 Å². The highest BCUT2D eigenvalue weighted by Gasteiger charge is 2.20. The van der Waals surface area contributed by atoms with Crippen LogP contribution in [-0.2, 0) is 0 Å². The number of amides is 1. The van der Waals surface area contributed by atoms with E-state index < -0.39 is 0 Å². The normalized spacial score (nSPS) is 11.0. The zero-order valence-electron chi connectivity index (χ0n) is 13.4. The smallest absolute Gasteiger partial charge is 0.293 e. The Morgan fingerprint density at radius 2 is 2.05 bits per heavy atom. The molecule has 0 fully saturated rings. The van der Waals surface area contributed by atoms with Gasteiger partial charge in [0.15, 0.2) is 0 Å². The maximum Gasteiger partial charge on any atom is 0.293 e. The quantitative estimate of drug-likeness (QED) is 0.913. The number of carbonyl (C=O) groups excluding carboxylic acids is 1. The summed E-state index contributed by atoms with van der Waals surface area (Å²) in [7, 11) is 1.62. The van der Waals surface area contributed by atoms with E-state index in [-0.39, 0.29) is 24.9 Å². The summed E-state index contributed by atoms with van der Waals surface area (Å²) in [5.41, 5.74) is 2.09. The molecule has 0 atom stereocenters. The van der Waals surface area contributed by atoms with Gasteiger partial charge < -0.3 is 10.0 Å². The van der Waals surface area contributed by atoms with E-state index >= 15 is 0 Å². The SMILES string of the molecule is Cc1nc(C(=O)N(C)CCO)nn1-c1ccccc1C(C)C. The van der Waals surface area contributed by atoms with E-state index in [2.05, 4.69) is 30.0 Å². The standard InChI is InChI=1S/C16H22N4O2/c1-11(2)13-7-5-6-8-14(13)20-12(3)17-15(18-20)16(22)19(4)9-10-21/h5-8,11,21H,9-10H2,1-4H3. The minimum Gasteiger partial charge on any atom is -0.395 e. The van der Waals surface area contributed by atoms with Crippen LogP contribution in [0.25, 0.3) is 5.69 Å². The zero-order valence-corrected chi connectivity index (χ0v) is 13.4. The van der Waals surface area contributed by atoms with E-state index in [0.717, 1.165) is 11.3 Å². The summed E-state index contributed by atoms with van der Waals surface area (Å²) in [6.07, 6.45) is 0. The molecule has 118 valence electrons. The number of likely N-dealkylation sites (N-methyl/N-ethyl adjacent to an activating group) is 1. The lowest BCUT2D eigenvalue weighted by Gasteiger charge is -2.13. The molecule has 1 amide bonds. The Balaban J connectivity index is 2.41. The van der Waals surface area contributed by atoms with Crippen LogP contribution in [0.2, 0.25) is 0 Å². The molecule has 0 saturated carbocycles. The maximum atomic E-state index is 12.2. The monoisotopic (exact) mass is 302 g/mol. The highest BCUT2D eigenvalue weighted by Crippen LogP contribution is 2.23. The predicted octanol–water partition coefficient (Wildman–Crippen LogP) is 1.76. The van der Waals surface area contributed by atoms with Crippen LogP contribution >= 0.6 is 0 Å². The Morgan fingerprint density at radius 3 is 2.68 bits per heavy atom. The highest BCUT2D eigenvalue weighted by atomic mass is 16.3. The Hall–Kier alpha value is -2.21. The number of carbonyl (C=O) groups is 1. The molecule has 1 heterocycles. The van der Waals surface area contributed by atoms with Crippen molar-refractivity contribution < 1.29 is 9.90 Å². The number of benzene rings is 1. The van der Waals surface area contributed by atoms with Crippen LogP contribution in [0, 0.1) is 6.92 Å². The van der Waals surface area contributed by atoms with E-state index in [4.69, 9.17) is 5.11 Å². The Bertz CT molecular complexity index is 664. The summed E-state index contributed by atoms with van der Waals surface area (Å²) in [5, 5.41) is 13.3. The van der Waals surface area contributed by atoms with Crippen molar-refractivity contribution >= 4 is 5.91 Å². The van der Waals surface area contributed by atoms with E-state index in [1.807, 2.05) is 25.1 Å². The van der Waals surface area contributed by atoms with Crippen LogP contribution in [0.1, 0.15) is 41.8 Å². The first-order chi connectivity index (χ1) is 10.5. The van der Waals surface area contributed by atoms with Gasteiger partial charge in [0.1, 0.15) is 5.82 Å². The number of aromatic nitrogens is 3. The van der Waals surface area contributed by atoms with Crippen LogP contribution in [0.4, 0.5) is 0 Å². The fourth-order valence-electron chi connectivity index (χ4n) is 2.30. The van der Waals surface area contributed by atoms with E-state index in [1.165, 1.54) is 4.90 Å². The number of rotatable bonds is 5. The van der Waals surface area contributed by atoms with Gasteiger partial charge in [-0.05, 0) is 24.5 Å². The van der Waals surface area contributed by atoms with E-state index in [9.17, 15) is 4.79 Å². The van der Waals surface area contributed by atoms with Crippen LogP contribution < -0.4 is 0 Å². The zero-order chi connectivity index (χ0) is 16.3. The Morgan fingerprint density at radius 1 is 1.36 bits per heavy atom. The number of hydrogen-bond acceptors (Lipinski definition) is 4. The first-order valence-corrected chi connectivity index (χ1v) is 7.35. The average Bonchev–Trinajstić information content (AvgIpc) is 2.88. The molecule has 0 spiro atoms. The minimum absolute atomic E-state index is 0.0852. The molecule has 1 aromatic heterocycles. The fourth-order valence-corrected chi connectivity index (χ4v) is 2.30. The summed E-state index contributed by atoms with van der Waals surface area (Å²) < 4.78 is 1.70. The molecule has 0 saturated heterocycles. The largest absolute Gasteiger partial charge is 0.395 e. The van der Waals surface area contributed by atoms with Gasteiger partial charge >= 0.3 is 0 Å². The lowest BCUT2D eigenvalue weighted by Crippen LogP contribution is -2.30. The third-order valence-corrected chi connectivity index (χ3v) is 3.53. The minimum atomic E-state index is -0.294. The van der Waals surface area contributed by atoms with E-state index in [0.29, 0.717) is 11.7 Å². The molecule has 1 aromatic carbocycles. The van der Waals surface area contributed by atoms with Gasteiger partial charge in [-0.1, -0.05) is 32.0 Å². The summed E-state index contributed by atoms with van der Waals surface area (Å²) >= 11 is 0. The van der Waals surface area contributed by atoms with Crippen molar-refractivity contribution in [3.63, 3.8) is 0 Å². The van der Waals surface area contributed by atoms with E-state index in [1.54, 1.807) is 11.7 Å². The third-order valence-electron chi connectivity index (χ3n) is 3.53. The summed E-state index contributed by atoms with van der Waals surface area (Å²) in [4.78, 5) is 17.9. The molecular formula is C16H22N4O2. The fraction of sp³-hybridized carbons (Fsp3) is 0.438. The highest BCUT2D eigenvalue weighted by molar-refractivity contribution is 5.90. The molecule has 0 radical (unpaired) electrons. The van der Waals surface area contributed by atoms with Crippen molar-refractivity contribution in [2.75, 3.05) is 20.2 Å². The molecule has 2 aromatic rings. The summed E-state index contributed by atoms with van der Waals surface area (Å²) in [6.45, 7) is 6.23. The Kier molecular flexibility index (Phi) is 4.92. The number of aryl methyl sites for hydroxylation is 1. The van der Waals surface area contributed by atoms with Crippen LogP contribution in [0.5, 0.6) is 0 Å². The van der Waals surface area contributed by atoms with Gasteiger partial charge in [-0.25, -0.2) is 9.67 Å². The van der Waals surface area contributed by atoms with Crippen LogP contribution in [-0.4, -0.2) is 50.9 Å². The van der Waals surface area contributed by atoms with Gasteiger partial charge in [0.2, 0.25) is 5.82 Å². The molecule has 2 rings (SSSR count). The van der Waals surface area contributed by atoms with Crippen molar-refractivity contribution in [3.05, 3.63) is 41.5 Å². The third kappa shape index (κ3) is 3.17. The van der Waals surface area contributed by atoms with Crippen LogP contribution in [0.3, 0.4) is 0 Å². The molecule has 6 nitrogen and oxygen atoms in total. The number of nitrogens with zero attached hydrogens (tertiary/aromatic N) is 4. The molecule has 0 aliphatic heterocycles. The van der Waals surface area contributed by atoms with Gasteiger partial charge in [0, 0.05) is 13.6 Å². The lowest BCUT2D eigenvalue weighted by atomic mass is 10.0. The first kappa shape index (κ1) is 16.2. The van der Waals surface area contributed by atoms with Gasteiger partial charge in [-0.2, -0.15) is 0 Å². The van der Waals surface area contributed by atoms with Crippen molar-refractivity contribution in [3.8, 4) is 5.69 Å². The topological polar surface area (TPSA) is 71.2 Å². The van der Waals surface area contributed by atoms with Crippen molar-refractivity contribution in [1.29, 1.82) is 0 Å². The molecule has 22 heavy (non-hydrogen) atoms. The molecular weight excluding hydrogens is 280 g/mol. The van der Waals surface area contributed by atoms with Crippen LogP contribution in [0.15, 0.2) is 24.3 Å². The second kappa shape index (κ2) is 6.70. The second-order valence-electron chi connectivity index (χ2n) is 5.56. The van der Waals surface area contributed by atoms with Crippen molar-refractivity contribution in [2.24, 2.45) is 0 Å². The summed E-state index contributed by atoms with van der Waals surface area (Å²) in [5.74, 6) is 0.856. The van der Waals surface area contributed by atoms with Crippen molar-refractivity contribution in [2.45, 2.75) is 26.7 Å². The molecule has 0 aliphatic rings.